The van der Waals surface area contributed by atoms with E-state index in [1.807, 2.05) is 0 Å². The predicted octanol–water partition coefficient (Wildman–Crippen LogP) is 3.61. The van der Waals surface area contributed by atoms with Crippen molar-refractivity contribution in [3.8, 4) is 0 Å². The van der Waals surface area contributed by atoms with Gasteiger partial charge in [-0.1, -0.05) is 51.0 Å². The van der Waals surface area contributed by atoms with Crippen molar-refractivity contribution < 1.29 is 5.11 Å². The molecule has 16 heavy (non-hydrogen) atoms. The van der Waals surface area contributed by atoms with Gasteiger partial charge in [0.1, 0.15) is 0 Å². The molecule has 88 valence electrons. The van der Waals surface area contributed by atoms with E-state index in [2.05, 4.69) is 38.1 Å². The van der Waals surface area contributed by atoms with Gasteiger partial charge in [0, 0.05) is 5.41 Å². The normalized spacial score (nSPS) is 17.9. The van der Waals surface area contributed by atoms with Gasteiger partial charge in [-0.25, -0.2) is 0 Å². The predicted molar refractivity (Wildman–Crippen MR) is 67.8 cm³/mol. The van der Waals surface area contributed by atoms with Crippen LogP contribution >= 0.6 is 0 Å². The lowest BCUT2D eigenvalue weighted by atomic mass is 9.84. The maximum absolute atomic E-state index is 9.33. The summed E-state index contributed by atoms with van der Waals surface area (Å²) in [6, 6.07) is 8.87. The maximum Gasteiger partial charge on any atom is 0.0522 e. The zero-order chi connectivity index (χ0) is 11.6. The van der Waals surface area contributed by atoms with Gasteiger partial charge in [-0.05, 0) is 29.9 Å². The molecule has 0 saturated heterocycles. The zero-order valence-corrected chi connectivity index (χ0v) is 10.4. The fraction of sp³-hybridized carbons (Fsp3) is 0.600. The molecule has 0 unspecified atom stereocenters. The van der Waals surface area contributed by atoms with Gasteiger partial charge in [-0.3, -0.25) is 0 Å². The third-order valence-corrected chi connectivity index (χ3v) is 3.91. The summed E-state index contributed by atoms with van der Waals surface area (Å²) < 4.78 is 0. The van der Waals surface area contributed by atoms with E-state index < -0.39 is 0 Å². The molecule has 0 aliphatic heterocycles. The van der Waals surface area contributed by atoms with Gasteiger partial charge < -0.3 is 5.11 Å². The summed E-state index contributed by atoms with van der Waals surface area (Å²) in [5, 5.41) is 9.33. The summed E-state index contributed by atoms with van der Waals surface area (Å²) in [5.41, 5.74) is 2.60. The molecule has 0 aromatic heterocycles. The molecular weight excluding hydrogens is 196 g/mol. The smallest absolute Gasteiger partial charge is 0.0522 e. The number of hydrogen-bond donors (Lipinski definition) is 1. The van der Waals surface area contributed by atoms with E-state index in [1.165, 1.54) is 36.8 Å². The van der Waals surface area contributed by atoms with Crippen LogP contribution in [0.15, 0.2) is 24.3 Å². The lowest BCUT2D eigenvalue weighted by Crippen LogP contribution is -2.21. The Bertz CT molecular complexity index is 331. The highest BCUT2D eigenvalue weighted by Gasteiger charge is 2.21. The molecule has 1 nitrogen and oxygen atoms in total. The number of benzene rings is 1. The lowest BCUT2D eigenvalue weighted by Gasteiger charge is -2.23. The molecule has 0 bridgehead atoms. The number of hydrogen-bond acceptors (Lipinski definition) is 1. The molecule has 2 rings (SSSR count). The minimum atomic E-state index is -0.117. The summed E-state index contributed by atoms with van der Waals surface area (Å²) in [6.45, 7) is 4.37. The Kier molecular flexibility index (Phi) is 3.34. The Hall–Kier alpha value is -0.820. The van der Waals surface area contributed by atoms with E-state index in [-0.39, 0.29) is 12.0 Å². The van der Waals surface area contributed by atoms with Crippen LogP contribution in [-0.2, 0) is 5.41 Å². The van der Waals surface area contributed by atoms with E-state index in [9.17, 15) is 5.11 Å². The fourth-order valence-electron chi connectivity index (χ4n) is 2.56. The van der Waals surface area contributed by atoms with Crippen molar-refractivity contribution in [1.29, 1.82) is 0 Å². The fourth-order valence-corrected chi connectivity index (χ4v) is 2.56. The van der Waals surface area contributed by atoms with Crippen molar-refractivity contribution in [3.63, 3.8) is 0 Å². The second kappa shape index (κ2) is 4.58. The number of rotatable bonds is 3. The van der Waals surface area contributed by atoms with Crippen LogP contribution in [0.5, 0.6) is 0 Å². The SMILES string of the molecule is CC(C)(CO)c1ccc(C2CCCC2)cc1. The van der Waals surface area contributed by atoms with E-state index >= 15 is 0 Å². The van der Waals surface area contributed by atoms with Crippen molar-refractivity contribution in [2.75, 3.05) is 6.61 Å². The topological polar surface area (TPSA) is 20.2 Å². The van der Waals surface area contributed by atoms with Crippen LogP contribution < -0.4 is 0 Å². The summed E-state index contributed by atoms with van der Waals surface area (Å²) >= 11 is 0. The summed E-state index contributed by atoms with van der Waals surface area (Å²) in [7, 11) is 0. The molecule has 1 aromatic rings. The van der Waals surface area contributed by atoms with Crippen LogP contribution in [0.2, 0.25) is 0 Å². The van der Waals surface area contributed by atoms with Crippen molar-refractivity contribution in [2.45, 2.75) is 50.9 Å². The van der Waals surface area contributed by atoms with Crippen LogP contribution in [0.3, 0.4) is 0 Å². The van der Waals surface area contributed by atoms with Crippen LogP contribution in [0, 0.1) is 0 Å². The first-order chi connectivity index (χ1) is 7.63. The Morgan fingerprint density at radius 2 is 1.69 bits per heavy atom. The zero-order valence-electron chi connectivity index (χ0n) is 10.4. The lowest BCUT2D eigenvalue weighted by molar-refractivity contribution is 0.218. The van der Waals surface area contributed by atoms with Crippen LogP contribution in [0.1, 0.15) is 56.6 Å². The molecule has 0 radical (unpaired) electrons. The van der Waals surface area contributed by atoms with Gasteiger partial charge in [0.05, 0.1) is 6.61 Å². The van der Waals surface area contributed by atoms with Crippen molar-refractivity contribution >= 4 is 0 Å². The average Bonchev–Trinajstić information content (AvgIpc) is 2.83. The number of aliphatic hydroxyl groups is 1. The Morgan fingerprint density at radius 1 is 1.12 bits per heavy atom. The van der Waals surface area contributed by atoms with E-state index in [0.29, 0.717) is 0 Å². The minimum absolute atomic E-state index is 0.117. The molecule has 1 aromatic carbocycles. The molecule has 0 amide bonds. The average molecular weight is 218 g/mol. The minimum Gasteiger partial charge on any atom is -0.395 e. The van der Waals surface area contributed by atoms with Gasteiger partial charge in [-0.15, -0.1) is 0 Å². The van der Waals surface area contributed by atoms with E-state index in [4.69, 9.17) is 0 Å². The Labute approximate surface area is 98.5 Å². The molecule has 1 saturated carbocycles. The molecule has 1 N–H and O–H groups in total. The molecule has 0 spiro atoms. The largest absolute Gasteiger partial charge is 0.395 e. The first kappa shape index (κ1) is 11.7. The molecule has 0 atom stereocenters. The first-order valence-electron chi connectivity index (χ1n) is 6.35. The number of aliphatic hydroxyl groups excluding tert-OH is 1. The van der Waals surface area contributed by atoms with Crippen molar-refractivity contribution in [1.82, 2.24) is 0 Å². The molecule has 1 aliphatic carbocycles. The second-order valence-corrected chi connectivity index (χ2v) is 5.65. The standard InChI is InChI=1S/C15H22O/c1-15(2,11-16)14-9-7-13(8-10-14)12-5-3-4-6-12/h7-10,12,16H,3-6,11H2,1-2H3. The summed E-state index contributed by atoms with van der Waals surface area (Å²) in [5.74, 6) is 0.784. The van der Waals surface area contributed by atoms with Crippen LogP contribution in [-0.4, -0.2) is 11.7 Å². The van der Waals surface area contributed by atoms with Gasteiger partial charge in [-0.2, -0.15) is 0 Å². The molecule has 1 fully saturated rings. The third kappa shape index (κ3) is 2.30. The summed E-state index contributed by atoms with van der Waals surface area (Å²) in [6.07, 6.45) is 5.47. The maximum atomic E-state index is 9.33. The van der Waals surface area contributed by atoms with Gasteiger partial charge in [0.25, 0.3) is 0 Å². The van der Waals surface area contributed by atoms with E-state index in [0.717, 1.165) is 5.92 Å². The highest BCUT2D eigenvalue weighted by Crippen LogP contribution is 2.34. The van der Waals surface area contributed by atoms with Crippen molar-refractivity contribution in [2.24, 2.45) is 0 Å². The van der Waals surface area contributed by atoms with Crippen LogP contribution in [0.4, 0.5) is 0 Å². The Morgan fingerprint density at radius 3 is 2.19 bits per heavy atom. The molecule has 0 heterocycles. The monoisotopic (exact) mass is 218 g/mol. The van der Waals surface area contributed by atoms with Crippen molar-refractivity contribution in [3.05, 3.63) is 35.4 Å². The van der Waals surface area contributed by atoms with Crippen LogP contribution in [0.25, 0.3) is 0 Å². The van der Waals surface area contributed by atoms with Gasteiger partial charge in [0.15, 0.2) is 0 Å². The first-order valence-corrected chi connectivity index (χ1v) is 6.35. The van der Waals surface area contributed by atoms with Gasteiger partial charge in [0.2, 0.25) is 0 Å². The van der Waals surface area contributed by atoms with E-state index in [1.54, 1.807) is 0 Å². The molecular formula is C15H22O. The Balaban J connectivity index is 2.15. The summed E-state index contributed by atoms with van der Waals surface area (Å²) in [4.78, 5) is 0. The molecule has 1 heteroatoms. The highest BCUT2D eigenvalue weighted by atomic mass is 16.3. The van der Waals surface area contributed by atoms with Gasteiger partial charge >= 0.3 is 0 Å². The second-order valence-electron chi connectivity index (χ2n) is 5.65. The quantitative estimate of drug-likeness (QED) is 0.821. The molecule has 1 aliphatic rings. The highest BCUT2D eigenvalue weighted by molar-refractivity contribution is 5.30. The third-order valence-electron chi connectivity index (χ3n) is 3.91.